The maximum absolute atomic E-state index is 5.50. The van der Waals surface area contributed by atoms with Gasteiger partial charge >= 0.3 is 0 Å². The Labute approximate surface area is 138 Å². The minimum Gasteiger partial charge on any atom is -0.493 e. The fraction of sp³-hybridized carbons (Fsp3) is 0.176. The summed E-state index contributed by atoms with van der Waals surface area (Å²) >= 11 is 0. The number of hydrogen-bond acceptors (Lipinski definition) is 6. The lowest BCUT2D eigenvalue weighted by Gasteiger charge is -2.24. The van der Waals surface area contributed by atoms with Gasteiger partial charge in [-0.15, -0.1) is 0 Å². The Balaban J connectivity index is 1.81. The van der Waals surface area contributed by atoms with E-state index in [0.717, 1.165) is 17.0 Å². The summed E-state index contributed by atoms with van der Waals surface area (Å²) in [6, 6.07) is 9.42. The molecule has 0 unspecified atom stereocenters. The first-order valence-corrected chi connectivity index (χ1v) is 7.44. The zero-order valence-electron chi connectivity index (χ0n) is 13.3. The predicted octanol–water partition coefficient (Wildman–Crippen LogP) is 2.94. The van der Waals surface area contributed by atoms with Crippen LogP contribution in [0.15, 0.2) is 53.4 Å². The van der Waals surface area contributed by atoms with Crippen LogP contribution >= 0.6 is 0 Å². The quantitative estimate of drug-likeness (QED) is 0.795. The second-order valence-corrected chi connectivity index (χ2v) is 5.27. The van der Waals surface area contributed by atoms with Gasteiger partial charge in [0.2, 0.25) is 5.95 Å². The Morgan fingerprint density at radius 1 is 1.17 bits per heavy atom. The van der Waals surface area contributed by atoms with Crippen molar-refractivity contribution in [3.8, 4) is 11.5 Å². The number of benzene rings is 1. The molecule has 0 amide bonds. The highest BCUT2D eigenvalue weighted by Gasteiger charge is 2.25. The van der Waals surface area contributed by atoms with Crippen molar-refractivity contribution >= 4 is 11.6 Å². The van der Waals surface area contributed by atoms with Crippen molar-refractivity contribution in [2.75, 3.05) is 19.5 Å². The van der Waals surface area contributed by atoms with Crippen LogP contribution in [-0.4, -0.2) is 29.0 Å². The second kappa shape index (κ2) is 5.77. The molecule has 1 aromatic carbocycles. The van der Waals surface area contributed by atoms with Gasteiger partial charge in [-0.2, -0.15) is 10.1 Å². The third-order valence-corrected chi connectivity index (χ3v) is 3.94. The molecule has 122 valence electrons. The van der Waals surface area contributed by atoms with Gasteiger partial charge in [-0.1, -0.05) is 6.07 Å². The van der Waals surface area contributed by atoms with Gasteiger partial charge in [-0.25, -0.2) is 4.68 Å². The van der Waals surface area contributed by atoms with Gasteiger partial charge in [-0.3, -0.25) is 0 Å². The van der Waals surface area contributed by atoms with Crippen LogP contribution in [0, 0.1) is 0 Å². The number of nitrogens with one attached hydrogen (secondary N) is 1. The van der Waals surface area contributed by atoms with Gasteiger partial charge in [-0.05, 0) is 35.9 Å². The molecule has 24 heavy (non-hydrogen) atoms. The highest BCUT2D eigenvalue weighted by Crippen LogP contribution is 2.36. The molecular weight excluding hydrogens is 308 g/mol. The number of allylic oxidation sites excluding steroid dienone is 1. The number of methoxy groups -OCH3 is 2. The molecule has 4 rings (SSSR count). The molecule has 1 aliphatic heterocycles. The van der Waals surface area contributed by atoms with Crippen LogP contribution in [-0.2, 0) is 0 Å². The summed E-state index contributed by atoms with van der Waals surface area (Å²) in [5, 5.41) is 7.56. The third-order valence-electron chi connectivity index (χ3n) is 3.94. The van der Waals surface area contributed by atoms with E-state index in [4.69, 9.17) is 13.9 Å². The van der Waals surface area contributed by atoms with Gasteiger partial charge in [0, 0.05) is 0 Å². The molecule has 0 saturated heterocycles. The van der Waals surface area contributed by atoms with E-state index >= 15 is 0 Å². The maximum Gasteiger partial charge on any atom is 0.226 e. The Morgan fingerprint density at radius 3 is 2.79 bits per heavy atom. The number of hydrogen-bond donors (Lipinski definition) is 1. The van der Waals surface area contributed by atoms with E-state index in [0.29, 0.717) is 17.4 Å². The van der Waals surface area contributed by atoms with E-state index in [1.807, 2.05) is 41.1 Å². The van der Waals surface area contributed by atoms with Gasteiger partial charge in [0.15, 0.2) is 11.5 Å². The van der Waals surface area contributed by atoms with Crippen LogP contribution in [0.25, 0.3) is 5.70 Å². The highest BCUT2D eigenvalue weighted by atomic mass is 16.5. The first kappa shape index (κ1) is 14.4. The smallest absolute Gasteiger partial charge is 0.226 e. The standard InChI is InChI=1S/C17H16N4O3/c1-22-15-6-5-11(8-16(15)23-2)13-9-12(14-4-3-7-24-14)20-17-18-10-19-21(13)17/h3-10,13H,1-2H3,(H,18,19,20)/t13-/m0/s1. The van der Waals surface area contributed by atoms with E-state index in [1.54, 1.807) is 20.5 Å². The number of aromatic nitrogens is 3. The summed E-state index contributed by atoms with van der Waals surface area (Å²) in [5.74, 6) is 2.76. The lowest BCUT2D eigenvalue weighted by molar-refractivity contribution is 0.354. The molecule has 0 aliphatic carbocycles. The Morgan fingerprint density at radius 2 is 2.04 bits per heavy atom. The molecule has 2 aromatic heterocycles. The molecule has 0 radical (unpaired) electrons. The van der Waals surface area contributed by atoms with Crippen LogP contribution < -0.4 is 14.8 Å². The van der Waals surface area contributed by atoms with Crippen LogP contribution in [0.3, 0.4) is 0 Å². The number of fused-ring (bicyclic) bond motifs is 1. The summed E-state index contributed by atoms with van der Waals surface area (Å²) in [4.78, 5) is 4.27. The largest absolute Gasteiger partial charge is 0.493 e. The SMILES string of the molecule is COc1ccc([C@@H]2C=C(c3ccco3)Nc3ncnn32)cc1OC. The zero-order chi connectivity index (χ0) is 16.5. The average molecular weight is 324 g/mol. The third kappa shape index (κ3) is 2.30. The molecule has 0 saturated carbocycles. The monoisotopic (exact) mass is 324 g/mol. The lowest BCUT2D eigenvalue weighted by Crippen LogP contribution is -2.20. The van der Waals surface area contributed by atoms with Gasteiger partial charge < -0.3 is 19.2 Å². The average Bonchev–Trinajstić information content (AvgIpc) is 3.31. The number of anilines is 1. The van der Waals surface area contributed by atoms with E-state index in [1.165, 1.54) is 6.33 Å². The van der Waals surface area contributed by atoms with Crippen molar-refractivity contribution in [3.63, 3.8) is 0 Å². The fourth-order valence-corrected chi connectivity index (χ4v) is 2.78. The number of furan rings is 1. The molecule has 7 heteroatoms. The second-order valence-electron chi connectivity index (χ2n) is 5.27. The van der Waals surface area contributed by atoms with Gasteiger partial charge in [0.1, 0.15) is 18.1 Å². The summed E-state index contributed by atoms with van der Waals surface area (Å²) in [7, 11) is 3.24. The number of ether oxygens (including phenoxy) is 2. The molecule has 1 N–H and O–H groups in total. The molecule has 1 aliphatic rings. The molecule has 0 fully saturated rings. The van der Waals surface area contributed by atoms with E-state index in [2.05, 4.69) is 15.4 Å². The summed E-state index contributed by atoms with van der Waals surface area (Å²) < 4.78 is 18.0. The van der Waals surface area contributed by atoms with Crippen molar-refractivity contribution in [1.29, 1.82) is 0 Å². The zero-order valence-corrected chi connectivity index (χ0v) is 13.3. The number of rotatable bonds is 4. The van der Waals surface area contributed by atoms with Crippen molar-refractivity contribution in [2.24, 2.45) is 0 Å². The Hall–Kier alpha value is -3.22. The van der Waals surface area contributed by atoms with Crippen LogP contribution in [0.2, 0.25) is 0 Å². The number of nitrogens with zero attached hydrogens (tertiary/aromatic N) is 3. The normalized spacial score (nSPS) is 16.1. The highest BCUT2D eigenvalue weighted by molar-refractivity contribution is 5.74. The molecule has 7 nitrogen and oxygen atoms in total. The lowest BCUT2D eigenvalue weighted by atomic mass is 10.0. The minimum atomic E-state index is -0.136. The van der Waals surface area contributed by atoms with E-state index < -0.39 is 0 Å². The predicted molar refractivity (Wildman–Crippen MR) is 88.0 cm³/mol. The fourth-order valence-electron chi connectivity index (χ4n) is 2.78. The Kier molecular flexibility index (Phi) is 3.45. The molecule has 3 heterocycles. The van der Waals surface area contributed by atoms with Crippen LogP contribution in [0.4, 0.5) is 5.95 Å². The van der Waals surface area contributed by atoms with E-state index in [-0.39, 0.29) is 6.04 Å². The van der Waals surface area contributed by atoms with Crippen molar-refractivity contribution in [1.82, 2.24) is 14.8 Å². The summed E-state index contributed by atoms with van der Waals surface area (Å²) in [6.45, 7) is 0. The maximum atomic E-state index is 5.50. The molecule has 3 aromatic rings. The summed E-state index contributed by atoms with van der Waals surface area (Å²) in [5.41, 5.74) is 1.85. The van der Waals surface area contributed by atoms with Gasteiger partial charge in [0.25, 0.3) is 0 Å². The molecule has 0 spiro atoms. The minimum absolute atomic E-state index is 0.136. The topological polar surface area (TPSA) is 74.3 Å². The van der Waals surface area contributed by atoms with Crippen molar-refractivity contribution in [3.05, 3.63) is 60.3 Å². The first-order chi connectivity index (χ1) is 11.8. The summed E-state index contributed by atoms with van der Waals surface area (Å²) in [6.07, 6.45) is 5.21. The van der Waals surface area contributed by atoms with Crippen molar-refractivity contribution in [2.45, 2.75) is 6.04 Å². The van der Waals surface area contributed by atoms with Crippen LogP contribution in [0.5, 0.6) is 11.5 Å². The molecule has 1 atom stereocenters. The molecular formula is C17H16N4O3. The Bertz CT molecular complexity index is 883. The first-order valence-electron chi connectivity index (χ1n) is 7.44. The molecule has 0 bridgehead atoms. The van der Waals surface area contributed by atoms with Gasteiger partial charge in [0.05, 0.1) is 26.2 Å². The van der Waals surface area contributed by atoms with Crippen LogP contribution in [0.1, 0.15) is 17.4 Å². The van der Waals surface area contributed by atoms with Crippen molar-refractivity contribution < 1.29 is 13.9 Å². The van der Waals surface area contributed by atoms with E-state index in [9.17, 15) is 0 Å².